The molecule has 0 bridgehead atoms. The van der Waals surface area contributed by atoms with Gasteiger partial charge < -0.3 is 14.7 Å². The van der Waals surface area contributed by atoms with Crippen molar-refractivity contribution in [1.82, 2.24) is 9.47 Å². The van der Waals surface area contributed by atoms with E-state index >= 15 is 0 Å². The van der Waals surface area contributed by atoms with Crippen LogP contribution >= 0.6 is 0 Å². The van der Waals surface area contributed by atoms with Gasteiger partial charge in [-0.2, -0.15) is 0 Å². The van der Waals surface area contributed by atoms with E-state index in [0.29, 0.717) is 18.7 Å². The molecule has 0 atom stereocenters. The molecule has 0 aliphatic carbocycles. The summed E-state index contributed by atoms with van der Waals surface area (Å²) in [7, 11) is 0. The molecular formula is C14H22N3O4+. The second kappa shape index (κ2) is 8.08. The Morgan fingerprint density at radius 1 is 1.43 bits per heavy atom. The first-order valence-electron chi connectivity index (χ1n) is 6.79. The molecule has 7 nitrogen and oxygen atoms in total. The average Bonchev–Trinajstić information content (AvgIpc) is 2.89. The number of imidazole rings is 1. The lowest BCUT2D eigenvalue weighted by Gasteiger charge is -2.17. The van der Waals surface area contributed by atoms with Crippen LogP contribution in [0.1, 0.15) is 13.8 Å². The highest BCUT2D eigenvalue weighted by Gasteiger charge is 2.14. The fourth-order valence-electron chi connectivity index (χ4n) is 1.67. The van der Waals surface area contributed by atoms with Crippen molar-refractivity contribution in [1.29, 1.82) is 0 Å². The zero-order valence-corrected chi connectivity index (χ0v) is 12.5. The van der Waals surface area contributed by atoms with Crippen molar-refractivity contribution in [2.24, 2.45) is 0 Å². The van der Waals surface area contributed by atoms with Gasteiger partial charge in [-0.15, -0.1) is 0 Å². The molecule has 0 radical (unpaired) electrons. The van der Waals surface area contributed by atoms with Crippen LogP contribution in [-0.4, -0.2) is 46.3 Å². The number of aryl methyl sites for hydroxylation is 1. The highest BCUT2D eigenvalue weighted by molar-refractivity contribution is 5.86. The number of carbonyl (C=O) groups excluding carboxylic acids is 1. The minimum absolute atomic E-state index is 0.0264. The molecule has 7 heteroatoms. The molecule has 0 spiro atoms. The number of rotatable bonds is 8. The van der Waals surface area contributed by atoms with Gasteiger partial charge in [-0.1, -0.05) is 6.58 Å². The van der Waals surface area contributed by atoms with Crippen molar-refractivity contribution < 1.29 is 24.0 Å². The van der Waals surface area contributed by atoms with Crippen molar-refractivity contribution in [3.63, 3.8) is 0 Å². The van der Waals surface area contributed by atoms with Gasteiger partial charge in [0.25, 0.3) is 0 Å². The zero-order valence-electron chi connectivity index (χ0n) is 12.5. The van der Waals surface area contributed by atoms with E-state index in [-0.39, 0.29) is 13.2 Å². The maximum atomic E-state index is 11.2. The van der Waals surface area contributed by atoms with Gasteiger partial charge >= 0.3 is 12.1 Å². The Morgan fingerprint density at radius 2 is 2.14 bits per heavy atom. The highest BCUT2D eigenvalue weighted by Crippen LogP contribution is 1.95. The van der Waals surface area contributed by atoms with Crippen molar-refractivity contribution >= 4 is 12.1 Å². The van der Waals surface area contributed by atoms with Gasteiger partial charge in [0.15, 0.2) is 0 Å². The fraction of sp³-hybridized carbons (Fsp3) is 0.500. The Labute approximate surface area is 124 Å². The molecule has 0 fully saturated rings. The van der Waals surface area contributed by atoms with Gasteiger partial charge in [-0.25, -0.2) is 18.7 Å². The number of amides is 1. The summed E-state index contributed by atoms with van der Waals surface area (Å²) in [5.74, 6) is -0.505. The van der Waals surface area contributed by atoms with Gasteiger partial charge in [-0.3, -0.25) is 0 Å². The molecule has 1 rings (SSSR count). The number of aromatic nitrogens is 2. The van der Waals surface area contributed by atoms with E-state index in [0.717, 1.165) is 6.54 Å². The molecule has 1 amide bonds. The molecule has 1 aromatic heterocycles. The molecule has 0 saturated heterocycles. The van der Waals surface area contributed by atoms with Crippen molar-refractivity contribution in [2.75, 3.05) is 19.7 Å². The second-order valence-electron chi connectivity index (χ2n) is 4.67. The molecule has 1 heterocycles. The van der Waals surface area contributed by atoms with Crippen LogP contribution in [0.4, 0.5) is 4.79 Å². The molecule has 1 N–H and O–H groups in total. The van der Waals surface area contributed by atoms with E-state index < -0.39 is 12.1 Å². The third kappa shape index (κ3) is 5.68. The molecule has 0 unspecified atom stereocenters. The van der Waals surface area contributed by atoms with E-state index in [1.54, 1.807) is 6.92 Å². The van der Waals surface area contributed by atoms with Crippen LogP contribution in [0.3, 0.4) is 0 Å². The first-order chi connectivity index (χ1) is 9.93. The van der Waals surface area contributed by atoms with Crippen molar-refractivity contribution in [2.45, 2.75) is 26.9 Å². The topological polar surface area (TPSA) is 75.7 Å². The average molecular weight is 296 g/mol. The van der Waals surface area contributed by atoms with Crippen LogP contribution in [0.15, 0.2) is 30.9 Å². The molecule has 0 aliphatic heterocycles. The largest absolute Gasteiger partial charge is 0.465 e. The third-order valence-electron chi connectivity index (χ3n) is 2.95. The van der Waals surface area contributed by atoms with Crippen LogP contribution in [0.5, 0.6) is 0 Å². The summed E-state index contributed by atoms with van der Waals surface area (Å²) in [6.07, 6.45) is 4.71. The van der Waals surface area contributed by atoms with Gasteiger partial charge in [0.05, 0.1) is 19.6 Å². The maximum Gasteiger partial charge on any atom is 0.407 e. The summed E-state index contributed by atoms with van der Waals surface area (Å²) in [4.78, 5) is 23.6. The van der Waals surface area contributed by atoms with Crippen LogP contribution in [0.25, 0.3) is 0 Å². The zero-order chi connectivity index (χ0) is 15.8. The van der Waals surface area contributed by atoms with E-state index in [9.17, 15) is 9.59 Å². The molecule has 0 aliphatic rings. The number of hydrogen-bond donors (Lipinski definition) is 1. The van der Waals surface area contributed by atoms with Crippen molar-refractivity contribution in [3.05, 3.63) is 30.9 Å². The first-order valence-corrected chi connectivity index (χ1v) is 6.79. The van der Waals surface area contributed by atoms with Gasteiger partial charge in [0.1, 0.15) is 25.5 Å². The van der Waals surface area contributed by atoms with Crippen LogP contribution in [0.2, 0.25) is 0 Å². The lowest BCUT2D eigenvalue weighted by atomic mass is 10.4. The standard InChI is InChI=1S/C14H21N3O4/c1-4-15-5-6-16(11-15)7-8-17(14(19)20)9-10-21-13(18)12(2)3/h5-6,11H,2,4,7-10H2,1,3H3/p+1. The molecule has 116 valence electrons. The number of nitrogens with zero attached hydrogens (tertiary/aromatic N) is 3. The third-order valence-corrected chi connectivity index (χ3v) is 2.95. The minimum atomic E-state index is -1.03. The summed E-state index contributed by atoms with van der Waals surface area (Å²) in [6.45, 7) is 8.96. The number of ether oxygens (including phenoxy) is 1. The summed E-state index contributed by atoms with van der Waals surface area (Å²) in [5.41, 5.74) is 0.299. The molecular weight excluding hydrogens is 274 g/mol. The minimum Gasteiger partial charge on any atom is -0.465 e. The monoisotopic (exact) mass is 296 g/mol. The number of carbonyl (C=O) groups is 2. The Hall–Kier alpha value is -2.31. The maximum absolute atomic E-state index is 11.2. The SMILES string of the molecule is C=C(C)C(=O)OCCN(CC[n+]1ccn(CC)c1)C(=O)O. The number of hydrogen-bond acceptors (Lipinski definition) is 3. The van der Waals surface area contributed by atoms with Crippen LogP contribution < -0.4 is 4.57 Å². The summed E-state index contributed by atoms with van der Waals surface area (Å²) < 4.78 is 8.82. The normalized spacial score (nSPS) is 10.2. The second-order valence-corrected chi connectivity index (χ2v) is 4.67. The summed E-state index contributed by atoms with van der Waals surface area (Å²) in [6, 6.07) is 0. The van der Waals surface area contributed by atoms with E-state index in [1.165, 1.54) is 4.90 Å². The predicted octanol–water partition coefficient (Wildman–Crippen LogP) is 0.895. The van der Waals surface area contributed by atoms with Crippen LogP contribution in [-0.2, 0) is 22.6 Å². The number of esters is 1. The summed E-state index contributed by atoms with van der Waals surface area (Å²) in [5, 5.41) is 9.13. The van der Waals surface area contributed by atoms with E-state index in [1.807, 2.05) is 34.8 Å². The fourth-order valence-corrected chi connectivity index (χ4v) is 1.67. The summed E-state index contributed by atoms with van der Waals surface area (Å²) >= 11 is 0. The van der Waals surface area contributed by atoms with Crippen LogP contribution in [0, 0.1) is 0 Å². The molecule has 21 heavy (non-hydrogen) atoms. The smallest absolute Gasteiger partial charge is 0.407 e. The number of carboxylic acid groups (broad SMARTS) is 1. The van der Waals surface area contributed by atoms with E-state index in [2.05, 4.69) is 6.58 Å². The first kappa shape index (κ1) is 16.7. The highest BCUT2D eigenvalue weighted by atomic mass is 16.5. The molecule has 0 saturated carbocycles. The Kier molecular flexibility index (Phi) is 6.45. The molecule has 0 aromatic carbocycles. The Balaban J connectivity index is 2.41. The lowest BCUT2D eigenvalue weighted by molar-refractivity contribution is -0.695. The van der Waals surface area contributed by atoms with Gasteiger partial charge in [0.2, 0.25) is 6.33 Å². The Morgan fingerprint density at radius 3 is 2.67 bits per heavy atom. The Bertz CT molecular complexity index is 510. The van der Waals surface area contributed by atoms with Gasteiger partial charge in [-0.05, 0) is 13.8 Å². The van der Waals surface area contributed by atoms with E-state index in [4.69, 9.17) is 9.84 Å². The van der Waals surface area contributed by atoms with Crippen molar-refractivity contribution in [3.8, 4) is 0 Å². The molecule has 1 aromatic rings. The van der Waals surface area contributed by atoms with Gasteiger partial charge in [0, 0.05) is 5.57 Å². The lowest BCUT2D eigenvalue weighted by Crippen LogP contribution is -2.42. The predicted molar refractivity (Wildman–Crippen MR) is 75.7 cm³/mol. The quantitative estimate of drug-likeness (QED) is 0.439.